The Morgan fingerprint density at radius 2 is 1.45 bits per heavy atom. The second-order valence-electron chi connectivity index (χ2n) is 7.29. The van der Waals surface area contributed by atoms with Gasteiger partial charge in [0.2, 0.25) is 5.91 Å². The van der Waals surface area contributed by atoms with Crippen LogP contribution in [0.4, 0.5) is 15.8 Å². The summed E-state index contributed by atoms with van der Waals surface area (Å²) in [7, 11) is 0. The summed E-state index contributed by atoms with van der Waals surface area (Å²) in [5.74, 6) is -2.28. The van der Waals surface area contributed by atoms with Crippen LogP contribution >= 0.6 is 23.2 Å². The highest BCUT2D eigenvalue weighted by Gasteiger charge is 2.60. The van der Waals surface area contributed by atoms with Crippen molar-refractivity contribution in [3.63, 3.8) is 0 Å². The predicted octanol–water partition coefficient (Wildman–Crippen LogP) is 5.18. The van der Waals surface area contributed by atoms with Crippen molar-refractivity contribution >= 4 is 46.4 Å². The van der Waals surface area contributed by atoms with E-state index in [2.05, 4.69) is 0 Å². The summed E-state index contributed by atoms with van der Waals surface area (Å²) in [5, 5.41) is 1.92. The van der Waals surface area contributed by atoms with Gasteiger partial charge >= 0.3 is 0 Å². The first-order chi connectivity index (χ1) is 15.0. The second-order valence-corrected chi connectivity index (χ2v) is 8.11. The van der Waals surface area contributed by atoms with Crippen LogP contribution in [0.1, 0.15) is 11.6 Å². The molecule has 2 heterocycles. The Balaban J connectivity index is 1.61. The summed E-state index contributed by atoms with van der Waals surface area (Å²) in [4.78, 5) is 33.8. The molecule has 0 aliphatic carbocycles. The third-order valence-electron chi connectivity index (χ3n) is 5.50. The third kappa shape index (κ3) is 3.19. The molecule has 5 nitrogen and oxygen atoms in total. The van der Waals surface area contributed by atoms with Crippen LogP contribution in [0.5, 0.6) is 0 Å². The second kappa shape index (κ2) is 7.64. The van der Waals surface area contributed by atoms with Gasteiger partial charge < -0.3 is 0 Å². The lowest BCUT2D eigenvalue weighted by Crippen LogP contribution is -2.37. The van der Waals surface area contributed by atoms with E-state index >= 15 is 0 Å². The normalized spacial score (nSPS) is 22.9. The molecule has 2 amide bonds. The number of fused-ring (bicyclic) bond motifs is 1. The number of amides is 2. The number of para-hydroxylation sites is 2. The molecule has 2 aliphatic heterocycles. The summed E-state index contributed by atoms with van der Waals surface area (Å²) in [5.41, 5.74) is 1.46. The lowest BCUT2D eigenvalue weighted by molar-refractivity contribution is -0.126. The number of benzene rings is 3. The molecule has 5 rings (SSSR count). The molecule has 0 saturated carbocycles. The minimum atomic E-state index is -1.06. The molecular weight excluding hydrogens is 442 g/mol. The molecule has 2 saturated heterocycles. The molecule has 3 aromatic carbocycles. The van der Waals surface area contributed by atoms with Gasteiger partial charge in [0.15, 0.2) is 6.10 Å². The molecule has 0 aromatic heterocycles. The fourth-order valence-electron chi connectivity index (χ4n) is 4.14. The number of rotatable bonds is 3. The van der Waals surface area contributed by atoms with Gasteiger partial charge in [0.05, 0.1) is 27.5 Å². The molecule has 2 aliphatic rings. The van der Waals surface area contributed by atoms with E-state index in [-0.39, 0.29) is 15.7 Å². The van der Waals surface area contributed by atoms with Gasteiger partial charge in [-0.2, -0.15) is 0 Å². The Labute approximate surface area is 187 Å². The average Bonchev–Trinajstić information content (AvgIpc) is 3.27. The Morgan fingerprint density at radius 1 is 0.806 bits per heavy atom. The van der Waals surface area contributed by atoms with Crippen molar-refractivity contribution in [1.29, 1.82) is 0 Å². The molecule has 0 radical (unpaired) electrons. The molecule has 8 heteroatoms. The third-order valence-corrected chi connectivity index (χ3v) is 6.11. The monoisotopic (exact) mass is 456 g/mol. The van der Waals surface area contributed by atoms with E-state index in [1.54, 1.807) is 35.4 Å². The van der Waals surface area contributed by atoms with E-state index in [1.807, 2.05) is 30.3 Å². The molecule has 0 N–H and O–H groups in total. The van der Waals surface area contributed by atoms with Gasteiger partial charge in [-0.3, -0.25) is 14.4 Å². The van der Waals surface area contributed by atoms with Crippen LogP contribution in [-0.4, -0.2) is 17.9 Å². The first-order valence-electron chi connectivity index (χ1n) is 9.55. The minimum absolute atomic E-state index is 0.142. The van der Waals surface area contributed by atoms with Crippen LogP contribution in [0.15, 0.2) is 72.8 Å². The summed E-state index contributed by atoms with van der Waals surface area (Å²) >= 11 is 12.5. The minimum Gasteiger partial charge on any atom is -0.273 e. The Bertz CT molecular complexity index is 1150. The van der Waals surface area contributed by atoms with Gasteiger partial charge in [0.1, 0.15) is 11.7 Å². The number of carbonyl (C=O) groups is 2. The number of carbonyl (C=O) groups excluding carboxylic acids is 2. The summed E-state index contributed by atoms with van der Waals surface area (Å²) in [6.45, 7) is 0. The van der Waals surface area contributed by atoms with Crippen molar-refractivity contribution < 1.29 is 18.8 Å². The van der Waals surface area contributed by atoms with E-state index in [9.17, 15) is 14.0 Å². The number of imide groups is 1. The molecule has 3 unspecified atom stereocenters. The summed E-state index contributed by atoms with van der Waals surface area (Å²) in [6, 6.07) is 19.1. The molecule has 31 heavy (non-hydrogen) atoms. The van der Waals surface area contributed by atoms with E-state index < -0.39 is 35.7 Å². The van der Waals surface area contributed by atoms with Crippen molar-refractivity contribution in [2.45, 2.75) is 12.1 Å². The van der Waals surface area contributed by atoms with Gasteiger partial charge in [-0.15, -0.1) is 0 Å². The van der Waals surface area contributed by atoms with Crippen molar-refractivity contribution in [1.82, 2.24) is 0 Å². The maximum Gasteiger partial charge on any atom is 0.266 e. The fourth-order valence-corrected chi connectivity index (χ4v) is 4.70. The lowest BCUT2D eigenvalue weighted by atomic mass is 9.90. The zero-order valence-electron chi connectivity index (χ0n) is 15.9. The summed E-state index contributed by atoms with van der Waals surface area (Å²) in [6.07, 6.45) is -1.06. The van der Waals surface area contributed by atoms with Crippen LogP contribution in [0.2, 0.25) is 10.0 Å². The highest BCUT2D eigenvalue weighted by molar-refractivity contribution is 6.42. The Hall–Kier alpha value is -2.93. The smallest absolute Gasteiger partial charge is 0.266 e. The van der Waals surface area contributed by atoms with Crippen LogP contribution in [0.25, 0.3) is 0 Å². The van der Waals surface area contributed by atoms with E-state index in [1.165, 1.54) is 12.1 Å². The average molecular weight is 457 g/mol. The van der Waals surface area contributed by atoms with Crippen molar-refractivity contribution in [3.05, 3.63) is 94.2 Å². The summed E-state index contributed by atoms with van der Waals surface area (Å²) < 4.78 is 13.6. The SMILES string of the molecule is O=C1C2ON(c3ccccc3)C(c3ccc(F)cc3)C2C(=O)N1c1c(Cl)cccc1Cl. The van der Waals surface area contributed by atoms with E-state index in [0.29, 0.717) is 11.3 Å². The Morgan fingerprint density at radius 3 is 2.10 bits per heavy atom. The molecule has 156 valence electrons. The van der Waals surface area contributed by atoms with Gasteiger partial charge in [-0.1, -0.05) is 59.6 Å². The van der Waals surface area contributed by atoms with Crippen LogP contribution in [0.3, 0.4) is 0 Å². The molecule has 0 spiro atoms. The van der Waals surface area contributed by atoms with Gasteiger partial charge in [0, 0.05) is 0 Å². The van der Waals surface area contributed by atoms with E-state index in [4.69, 9.17) is 28.0 Å². The highest BCUT2D eigenvalue weighted by Crippen LogP contribution is 2.49. The number of hydrogen-bond donors (Lipinski definition) is 0. The predicted molar refractivity (Wildman–Crippen MR) is 115 cm³/mol. The highest BCUT2D eigenvalue weighted by atomic mass is 35.5. The standard InChI is InChI=1S/C23H15Cl2FN2O3/c24-16-7-4-8-17(25)20(16)27-22(29)18-19(13-9-11-14(26)12-10-13)28(31-21(18)23(27)30)15-5-2-1-3-6-15/h1-12,18-19,21H. The molecular formula is C23H15Cl2FN2O3. The van der Waals surface area contributed by atoms with Crippen molar-refractivity contribution in [2.75, 3.05) is 9.96 Å². The van der Waals surface area contributed by atoms with Gasteiger partial charge in [-0.25, -0.2) is 14.4 Å². The first-order valence-corrected chi connectivity index (χ1v) is 10.3. The molecule has 3 atom stereocenters. The quantitative estimate of drug-likeness (QED) is 0.509. The number of halogens is 3. The molecule has 2 fully saturated rings. The largest absolute Gasteiger partial charge is 0.273 e. The zero-order chi connectivity index (χ0) is 21.7. The lowest BCUT2D eigenvalue weighted by Gasteiger charge is -2.29. The Kier molecular flexibility index (Phi) is 4.93. The maximum absolute atomic E-state index is 13.6. The van der Waals surface area contributed by atoms with Crippen molar-refractivity contribution in [2.24, 2.45) is 5.92 Å². The first kappa shape index (κ1) is 20.0. The molecule has 3 aromatic rings. The van der Waals surface area contributed by atoms with Crippen molar-refractivity contribution in [3.8, 4) is 0 Å². The molecule has 0 bridgehead atoms. The van der Waals surface area contributed by atoms with Crippen LogP contribution < -0.4 is 9.96 Å². The van der Waals surface area contributed by atoms with E-state index in [0.717, 1.165) is 4.90 Å². The van der Waals surface area contributed by atoms with Gasteiger partial charge in [-0.05, 0) is 42.0 Å². The number of anilines is 2. The number of hydrogen-bond acceptors (Lipinski definition) is 4. The fraction of sp³-hybridized carbons (Fsp3) is 0.130. The van der Waals surface area contributed by atoms with Crippen LogP contribution in [0, 0.1) is 11.7 Å². The number of hydroxylamine groups is 1. The number of nitrogens with zero attached hydrogens (tertiary/aromatic N) is 2. The van der Waals surface area contributed by atoms with Gasteiger partial charge in [0.25, 0.3) is 5.91 Å². The zero-order valence-corrected chi connectivity index (χ0v) is 17.4. The van der Waals surface area contributed by atoms with Crippen LogP contribution in [-0.2, 0) is 14.4 Å². The maximum atomic E-state index is 13.6. The topological polar surface area (TPSA) is 49.9 Å².